The Morgan fingerprint density at radius 3 is 2.53 bits per heavy atom. The summed E-state index contributed by atoms with van der Waals surface area (Å²) in [6.07, 6.45) is -1.89. The zero-order chi connectivity index (χ0) is 27.0. The molecule has 38 heavy (non-hydrogen) atoms. The summed E-state index contributed by atoms with van der Waals surface area (Å²) in [4.78, 5) is 31.7. The van der Waals surface area contributed by atoms with Crippen LogP contribution < -0.4 is 5.32 Å². The van der Waals surface area contributed by atoms with E-state index in [4.69, 9.17) is 0 Å². The number of nitrogens with zero attached hydrogens (tertiary/aromatic N) is 4. The molecular weight excluding hydrogens is 502 g/mol. The summed E-state index contributed by atoms with van der Waals surface area (Å²) in [6, 6.07) is 10.2. The van der Waals surface area contributed by atoms with Gasteiger partial charge < -0.3 is 10.2 Å². The maximum Gasteiger partial charge on any atom is 0.282 e. The van der Waals surface area contributed by atoms with Gasteiger partial charge in [-0.15, -0.1) is 0 Å². The predicted molar refractivity (Wildman–Crippen MR) is 129 cm³/mol. The molecule has 1 aromatic carbocycles. The van der Waals surface area contributed by atoms with Crippen molar-refractivity contribution in [2.24, 2.45) is 7.05 Å². The summed E-state index contributed by atoms with van der Waals surface area (Å²) >= 11 is 0. The number of nitrogens with one attached hydrogen (secondary N) is 1. The molecule has 3 aromatic rings. The molecule has 1 N–H and O–H groups in total. The Morgan fingerprint density at radius 1 is 1.13 bits per heavy atom. The van der Waals surface area contributed by atoms with E-state index in [1.807, 2.05) is 0 Å². The molecule has 200 valence electrons. The lowest BCUT2D eigenvalue weighted by molar-refractivity contribution is -0.138. The Hall–Kier alpha value is -3.76. The van der Waals surface area contributed by atoms with Crippen molar-refractivity contribution < 1.29 is 27.2 Å². The van der Waals surface area contributed by atoms with Gasteiger partial charge in [-0.2, -0.15) is 9.49 Å². The maximum atomic E-state index is 14.8. The van der Waals surface area contributed by atoms with Crippen LogP contribution in [-0.4, -0.2) is 50.2 Å². The lowest BCUT2D eigenvalue weighted by atomic mass is 10.0. The van der Waals surface area contributed by atoms with E-state index in [9.17, 15) is 27.2 Å². The van der Waals surface area contributed by atoms with Crippen molar-refractivity contribution in [3.8, 4) is 0 Å². The van der Waals surface area contributed by atoms with Crippen molar-refractivity contribution in [3.05, 3.63) is 82.7 Å². The lowest BCUT2D eigenvalue weighted by Gasteiger charge is -2.26. The van der Waals surface area contributed by atoms with Crippen LogP contribution in [0.25, 0.3) is 0 Å². The van der Waals surface area contributed by atoms with Gasteiger partial charge in [0.25, 0.3) is 6.43 Å². The molecule has 7 nitrogen and oxygen atoms in total. The van der Waals surface area contributed by atoms with E-state index in [1.54, 1.807) is 42.5 Å². The number of benzene rings is 1. The van der Waals surface area contributed by atoms with E-state index in [1.165, 1.54) is 17.9 Å². The second-order valence-electron chi connectivity index (χ2n) is 9.83. The molecule has 11 heteroatoms. The summed E-state index contributed by atoms with van der Waals surface area (Å²) in [5.74, 6) is -1.73. The molecule has 0 spiro atoms. The molecule has 5 rings (SSSR count). The molecule has 2 amide bonds. The van der Waals surface area contributed by atoms with E-state index in [2.05, 4.69) is 15.4 Å². The first kappa shape index (κ1) is 25.9. The van der Waals surface area contributed by atoms with Crippen LogP contribution in [0.3, 0.4) is 0 Å². The first-order chi connectivity index (χ1) is 18.2. The highest BCUT2D eigenvalue weighted by atomic mass is 19.3. The number of pyridine rings is 1. The van der Waals surface area contributed by atoms with Gasteiger partial charge in [-0.25, -0.2) is 18.2 Å². The number of carbonyl (C=O) groups excluding carboxylic acids is 2. The van der Waals surface area contributed by atoms with Crippen LogP contribution in [0, 0.1) is 5.95 Å². The van der Waals surface area contributed by atoms with Gasteiger partial charge in [0.05, 0.1) is 24.7 Å². The number of amides is 2. The van der Waals surface area contributed by atoms with Gasteiger partial charge in [-0.3, -0.25) is 14.3 Å². The molecule has 1 aliphatic heterocycles. The molecule has 2 aromatic heterocycles. The number of carbonyl (C=O) groups is 2. The first-order valence-electron chi connectivity index (χ1n) is 12.5. The van der Waals surface area contributed by atoms with Crippen molar-refractivity contribution in [1.29, 1.82) is 0 Å². The van der Waals surface area contributed by atoms with Crippen LogP contribution in [0.5, 0.6) is 0 Å². The van der Waals surface area contributed by atoms with Crippen LogP contribution in [0.4, 0.5) is 17.6 Å². The number of aryl methyl sites for hydroxylation is 1. The molecule has 1 saturated carbocycles. The quantitative estimate of drug-likeness (QED) is 0.351. The fourth-order valence-electron chi connectivity index (χ4n) is 4.98. The highest BCUT2D eigenvalue weighted by molar-refractivity contribution is 5.89. The zero-order valence-electron chi connectivity index (χ0n) is 20.7. The minimum Gasteiger partial charge on any atom is -0.342 e. The van der Waals surface area contributed by atoms with Crippen LogP contribution in [0.2, 0.25) is 0 Å². The van der Waals surface area contributed by atoms with Crippen LogP contribution in [-0.2, 0) is 23.1 Å². The highest BCUT2D eigenvalue weighted by Crippen LogP contribution is 2.41. The number of rotatable bonds is 8. The molecule has 2 fully saturated rings. The molecule has 0 unspecified atom stereocenters. The Bertz CT molecular complexity index is 1330. The predicted octanol–water partition coefficient (Wildman–Crippen LogP) is 4.16. The molecule has 1 saturated heterocycles. The van der Waals surface area contributed by atoms with E-state index in [0.29, 0.717) is 11.1 Å². The molecule has 1 aliphatic carbocycles. The smallest absolute Gasteiger partial charge is 0.282 e. The number of halogens is 4. The number of hydrogen-bond acceptors (Lipinski definition) is 4. The van der Waals surface area contributed by atoms with E-state index in [-0.39, 0.29) is 30.1 Å². The van der Waals surface area contributed by atoms with E-state index >= 15 is 0 Å². The fraction of sp³-hybridized carbons (Fsp3) is 0.407. The third-order valence-electron chi connectivity index (χ3n) is 6.99. The summed E-state index contributed by atoms with van der Waals surface area (Å²) < 4.78 is 57.1. The van der Waals surface area contributed by atoms with Crippen molar-refractivity contribution in [3.63, 3.8) is 0 Å². The van der Waals surface area contributed by atoms with Gasteiger partial charge >= 0.3 is 0 Å². The average Bonchev–Trinajstić information content (AvgIpc) is 3.55. The fourth-order valence-corrected chi connectivity index (χ4v) is 4.98. The number of alkyl halides is 3. The second kappa shape index (κ2) is 10.5. The molecule has 2 aliphatic rings. The SMILES string of the molecule is Cn1cc(CC(=O)N2C[C@H](F)C[C@H]2C(=O)N[C@@H](c2ccccc2)c2ccc(C3CC3)c(F)n2)c(C(F)F)n1. The molecular formula is C27H27F4N5O2. The van der Waals surface area contributed by atoms with Gasteiger partial charge in [-0.05, 0) is 30.4 Å². The van der Waals surface area contributed by atoms with E-state index in [0.717, 1.165) is 17.7 Å². The third-order valence-corrected chi connectivity index (χ3v) is 6.99. The summed E-state index contributed by atoms with van der Waals surface area (Å²) in [5, 5.41) is 6.52. The maximum absolute atomic E-state index is 14.8. The number of aromatic nitrogens is 3. The van der Waals surface area contributed by atoms with E-state index < -0.39 is 54.6 Å². The second-order valence-corrected chi connectivity index (χ2v) is 9.83. The topological polar surface area (TPSA) is 80.1 Å². The monoisotopic (exact) mass is 529 g/mol. The number of hydrogen-bond donors (Lipinski definition) is 1. The highest BCUT2D eigenvalue weighted by Gasteiger charge is 2.41. The van der Waals surface area contributed by atoms with Crippen molar-refractivity contribution in [2.45, 2.75) is 56.3 Å². The molecule has 3 atom stereocenters. The standard InChI is InChI=1S/C27H27F4N5O2/c1-35-13-17(24(34-35)25(29)30)11-22(37)36-14-18(28)12-21(36)27(38)33-23(16-5-3-2-4-6-16)20-10-9-19(15-7-8-15)26(31)32-20/h2-6,9-10,13,15,18,21,23,25H,7-8,11-12,14H2,1H3,(H,33,38)/t18-,21+,23+/m1/s1. The number of likely N-dealkylation sites (tertiary alicyclic amines) is 1. The Morgan fingerprint density at radius 2 is 1.87 bits per heavy atom. The average molecular weight is 530 g/mol. The van der Waals surface area contributed by atoms with Gasteiger partial charge in [0, 0.05) is 30.8 Å². The van der Waals surface area contributed by atoms with Crippen molar-refractivity contribution in [1.82, 2.24) is 25.0 Å². The Balaban J connectivity index is 1.38. The minimum atomic E-state index is -2.88. The summed E-state index contributed by atoms with van der Waals surface area (Å²) in [6.45, 7) is -0.333. The molecule has 0 bridgehead atoms. The summed E-state index contributed by atoms with van der Waals surface area (Å²) in [7, 11) is 1.46. The van der Waals surface area contributed by atoms with Gasteiger partial charge in [0.1, 0.15) is 17.9 Å². The van der Waals surface area contributed by atoms with Crippen molar-refractivity contribution in [2.75, 3.05) is 6.54 Å². The van der Waals surface area contributed by atoms with Crippen LogP contribution in [0.1, 0.15) is 65.7 Å². The van der Waals surface area contributed by atoms with Gasteiger partial charge in [0.2, 0.25) is 17.8 Å². The van der Waals surface area contributed by atoms with Crippen molar-refractivity contribution >= 4 is 11.8 Å². The lowest BCUT2D eigenvalue weighted by Crippen LogP contribution is -2.47. The van der Waals surface area contributed by atoms with Crippen LogP contribution >= 0.6 is 0 Å². The minimum absolute atomic E-state index is 0.0200. The Labute approximate surface area is 216 Å². The molecule has 3 heterocycles. The van der Waals surface area contributed by atoms with Gasteiger partial charge in [-0.1, -0.05) is 36.4 Å². The Kier molecular flexibility index (Phi) is 7.18. The van der Waals surface area contributed by atoms with Crippen LogP contribution in [0.15, 0.2) is 48.7 Å². The summed E-state index contributed by atoms with van der Waals surface area (Å²) in [5.41, 5.74) is 0.946. The third kappa shape index (κ3) is 5.41. The first-order valence-corrected chi connectivity index (χ1v) is 12.5. The largest absolute Gasteiger partial charge is 0.342 e. The molecule has 0 radical (unpaired) electrons. The normalized spacial score (nSPS) is 20.1. The van der Waals surface area contributed by atoms with Gasteiger partial charge in [0.15, 0.2) is 0 Å². The zero-order valence-corrected chi connectivity index (χ0v) is 20.7.